The number of nitrogens with zero attached hydrogens (tertiary/aromatic N) is 1. The maximum absolute atomic E-state index is 12.4. The highest BCUT2D eigenvalue weighted by Gasteiger charge is 2.27. The van der Waals surface area contributed by atoms with E-state index in [0.29, 0.717) is 21.5 Å². The molecule has 0 spiro atoms. The fourth-order valence-electron chi connectivity index (χ4n) is 3.72. The number of hydrogen-bond acceptors (Lipinski definition) is 2. The second-order valence-corrected chi connectivity index (χ2v) is 8.30. The third-order valence-corrected chi connectivity index (χ3v) is 6.08. The van der Waals surface area contributed by atoms with Gasteiger partial charge in [-0.05, 0) is 67.5 Å². The van der Waals surface area contributed by atoms with Gasteiger partial charge in [0.1, 0.15) is 0 Å². The summed E-state index contributed by atoms with van der Waals surface area (Å²) < 4.78 is 0. The molecule has 0 atom stereocenters. The molecule has 6 heteroatoms. The molecule has 4 nitrogen and oxygen atoms in total. The molecule has 0 aromatic heterocycles. The Bertz CT molecular complexity index is 857. The van der Waals surface area contributed by atoms with Crippen LogP contribution in [0.3, 0.4) is 0 Å². The van der Waals surface area contributed by atoms with Gasteiger partial charge in [0.15, 0.2) is 0 Å². The monoisotopic (exact) mass is 418 g/mol. The molecule has 0 heterocycles. The van der Waals surface area contributed by atoms with E-state index in [2.05, 4.69) is 17.4 Å². The molecule has 28 heavy (non-hydrogen) atoms. The zero-order chi connectivity index (χ0) is 20.3. The lowest BCUT2D eigenvalue weighted by Gasteiger charge is -2.29. The summed E-state index contributed by atoms with van der Waals surface area (Å²) in [6.07, 6.45) is 3.88. The van der Waals surface area contributed by atoms with Crippen molar-refractivity contribution in [3.05, 3.63) is 63.6 Å². The van der Waals surface area contributed by atoms with Crippen molar-refractivity contribution in [3.63, 3.8) is 0 Å². The normalized spacial score (nSPS) is 19.1. The van der Waals surface area contributed by atoms with Crippen molar-refractivity contribution in [1.82, 2.24) is 4.90 Å². The molecule has 1 N–H and O–H groups in total. The van der Waals surface area contributed by atoms with Crippen LogP contribution in [-0.4, -0.2) is 30.8 Å². The Hall–Kier alpha value is -2.04. The molecular weight excluding hydrogens is 395 g/mol. The van der Waals surface area contributed by atoms with E-state index < -0.39 is 0 Å². The van der Waals surface area contributed by atoms with E-state index in [9.17, 15) is 9.59 Å². The summed E-state index contributed by atoms with van der Waals surface area (Å²) in [5, 5.41) is 3.65. The summed E-state index contributed by atoms with van der Waals surface area (Å²) in [7, 11) is 3.64. The molecule has 0 unspecified atom stereocenters. The zero-order valence-corrected chi connectivity index (χ0v) is 17.6. The van der Waals surface area contributed by atoms with Crippen LogP contribution in [0.5, 0.6) is 0 Å². The first kappa shape index (κ1) is 20.7. The predicted molar refractivity (Wildman–Crippen MR) is 114 cm³/mol. The first-order chi connectivity index (χ1) is 13.3. The first-order valence-corrected chi connectivity index (χ1v) is 10.2. The Morgan fingerprint density at radius 2 is 1.57 bits per heavy atom. The van der Waals surface area contributed by atoms with E-state index in [4.69, 9.17) is 23.2 Å². The van der Waals surface area contributed by atoms with Crippen LogP contribution in [0.2, 0.25) is 10.0 Å². The van der Waals surface area contributed by atoms with Crippen molar-refractivity contribution >= 4 is 40.7 Å². The maximum atomic E-state index is 12.4. The van der Waals surface area contributed by atoms with Gasteiger partial charge in [0.2, 0.25) is 5.91 Å². The molecule has 0 radical (unpaired) electrons. The molecule has 1 aliphatic rings. The molecule has 1 aliphatic carbocycles. The van der Waals surface area contributed by atoms with Gasteiger partial charge in [0, 0.05) is 31.3 Å². The van der Waals surface area contributed by atoms with E-state index in [0.717, 1.165) is 31.4 Å². The lowest BCUT2D eigenvalue weighted by Crippen LogP contribution is -2.31. The van der Waals surface area contributed by atoms with Crippen LogP contribution >= 0.6 is 23.2 Å². The first-order valence-electron chi connectivity index (χ1n) is 9.42. The molecule has 3 rings (SSSR count). The van der Waals surface area contributed by atoms with Crippen LogP contribution in [0, 0.1) is 5.92 Å². The van der Waals surface area contributed by atoms with Crippen LogP contribution in [-0.2, 0) is 4.79 Å². The highest BCUT2D eigenvalue weighted by atomic mass is 35.5. The molecule has 0 bridgehead atoms. The molecule has 148 valence electrons. The number of carbonyl (C=O) groups is 2. The second kappa shape index (κ2) is 8.97. The smallest absolute Gasteiger partial charge is 0.255 e. The van der Waals surface area contributed by atoms with Gasteiger partial charge >= 0.3 is 0 Å². The largest absolute Gasteiger partial charge is 0.349 e. The summed E-state index contributed by atoms with van der Waals surface area (Å²) in [4.78, 5) is 26.2. The minimum Gasteiger partial charge on any atom is -0.349 e. The van der Waals surface area contributed by atoms with Crippen molar-refractivity contribution < 1.29 is 9.59 Å². The van der Waals surface area contributed by atoms with Gasteiger partial charge in [0.05, 0.1) is 10.0 Å². The van der Waals surface area contributed by atoms with Crippen LogP contribution in [0.1, 0.15) is 47.5 Å². The Balaban J connectivity index is 1.59. The van der Waals surface area contributed by atoms with E-state index in [1.165, 1.54) is 5.56 Å². The van der Waals surface area contributed by atoms with Crippen molar-refractivity contribution in [1.29, 1.82) is 0 Å². The minimum absolute atomic E-state index is 0.149. The Kier molecular flexibility index (Phi) is 6.63. The molecule has 1 saturated carbocycles. The average molecular weight is 419 g/mol. The van der Waals surface area contributed by atoms with Crippen LogP contribution < -0.4 is 5.32 Å². The zero-order valence-electron chi connectivity index (χ0n) is 16.0. The lowest BCUT2D eigenvalue weighted by atomic mass is 9.78. The van der Waals surface area contributed by atoms with Crippen molar-refractivity contribution in [2.75, 3.05) is 19.4 Å². The third kappa shape index (κ3) is 4.86. The number of carbonyl (C=O) groups excluding carboxylic acids is 2. The quantitative estimate of drug-likeness (QED) is 0.701. The van der Waals surface area contributed by atoms with E-state index in [1.807, 2.05) is 26.2 Å². The molecule has 0 saturated heterocycles. The van der Waals surface area contributed by atoms with E-state index >= 15 is 0 Å². The minimum atomic E-state index is -0.228. The number of rotatable bonds is 4. The van der Waals surface area contributed by atoms with Gasteiger partial charge in [-0.25, -0.2) is 0 Å². The lowest BCUT2D eigenvalue weighted by molar-refractivity contribution is -0.134. The number of nitrogens with one attached hydrogen (secondary N) is 1. The molecule has 1 fully saturated rings. The fourth-order valence-corrected chi connectivity index (χ4v) is 4.02. The maximum Gasteiger partial charge on any atom is 0.255 e. The fraction of sp³-hybridized carbons (Fsp3) is 0.364. The van der Waals surface area contributed by atoms with E-state index in [1.54, 1.807) is 23.1 Å². The summed E-state index contributed by atoms with van der Waals surface area (Å²) in [6.45, 7) is 0. The number of amides is 2. The average Bonchev–Trinajstić information content (AvgIpc) is 2.70. The van der Waals surface area contributed by atoms with Gasteiger partial charge in [-0.3, -0.25) is 9.59 Å². The number of anilines is 1. The van der Waals surface area contributed by atoms with Crippen molar-refractivity contribution in [2.24, 2.45) is 5.92 Å². The van der Waals surface area contributed by atoms with Gasteiger partial charge < -0.3 is 10.2 Å². The summed E-state index contributed by atoms with van der Waals surface area (Å²) in [5.41, 5.74) is 2.45. The van der Waals surface area contributed by atoms with Crippen molar-refractivity contribution in [3.8, 4) is 0 Å². The SMILES string of the molecule is CN(C)C(=O)C1CCC(c2ccc(NC(=O)c3ccc(Cl)c(Cl)c3)cc2)CC1. The number of halogens is 2. The summed E-state index contributed by atoms with van der Waals surface area (Å²) in [6, 6.07) is 12.8. The van der Waals surface area contributed by atoms with Gasteiger partial charge in [-0.15, -0.1) is 0 Å². The number of hydrogen-bond donors (Lipinski definition) is 1. The Morgan fingerprint density at radius 1 is 0.929 bits per heavy atom. The Labute approximate surface area is 175 Å². The molecule has 2 aromatic carbocycles. The van der Waals surface area contributed by atoms with E-state index in [-0.39, 0.29) is 17.7 Å². The van der Waals surface area contributed by atoms with Gasteiger partial charge in [-0.1, -0.05) is 35.3 Å². The van der Waals surface area contributed by atoms with Gasteiger partial charge in [-0.2, -0.15) is 0 Å². The third-order valence-electron chi connectivity index (χ3n) is 5.34. The van der Waals surface area contributed by atoms with Crippen LogP contribution in [0.25, 0.3) is 0 Å². The highest BCUT2D eigenvalue weighted by molar-refractivity contribution is 6.42. The molecule has 0 aliphatic heterocycles. The molecule has 2 amide bonds. The summed E-state index contributed by atoms with van der Waals surface area (Å²) >= 11 is 11.9. The second-order valence-electron chi connectivity index (χ2n) is 7.49. The predicted octanol–water partition coefficient (Wildman–Crippen LogP) is 5.61. The number of benzene rings is 2. The summed E-state index contributed by atoms with van der Waals surface area (Å²) in [5.74, 6) is 0.620. The van der Waals surface area contributed by atoms with Crippen LogP contribution in [0.15, 0.2) is 42.5 Å². The molecular formula is C22H24Cl2N2O2. The highest BCUT2D eigenvalue weighted by Crippen LogP contribution is 2.36. The topological polar surface area (TPSA) is 49.4 Å². The van der Waals surface area contributed by atoms with Crippen LogP contribution in [0.4, 0.5) is 5.69 Å². The molecule has 2 aromatic rings. The van der Waals surface area contributed by atoms with Crippen molar-refractivity contribution in [2.45, 2.75) is 31.6 Å². The Morgan fingerprint density at radius 3 is 2.14 bits per heavy atom. The van der Waals surface area contributed by atoms with Gasteiger partial charge in [0.25, 0.3) is 5.91 Å². The standard InChI is InChI=1S/C22H24Cl2N2O2/c1-26(2)22(28)16-5-3-14(4-6-16)15-7-10-18(11-8-15)25-21(27)17-9-12-19(23)20(24)13-17/h7-14,16H,3-6H2,1-2H3,(H,25,27).